The Labute approximate surface area is 78.5 Å². The van der Waals surface area contributed by atoms with Crippen molar-refractivity contribution in [1.29, 1.82) is 0 Å². The molecule has 4 heteroatoms. The zero-order valence-electron chi connectivity index (χ0n) is 8.03. The fourth-order valence-electron chi connectivity index (χ4n) is 1.53. The molecule has 1 saturated heterocycles. The summed E-state index contributed by atoms with van der Waals surface area (Å²) in [4.78, 5) is 12.6. The molecule has 0 aromatic rings. The predicted molar refractivity (Wildman–Crippen MR) is 48.7 cm³/mol. The van der Waals surface area contributed by atoms with Crippen molar-refractivity contribution in [3.8, 4) is 0 Å². The lowest BCUT2D eigenvalue weighted by molar-refractivity contribution is -0.137. The molecule has 0 aliphatic carbocycles. The lowest BCUT2D eigenvalue weighted by Gasteiger charge is -2.31. The molecule has 0 saturated carbocycles. The van der Waals surface area contributed by atoms with Gasteiger partial charge >= 0.3 is 5.97 Å². The third-order valence-electron chi connectivity index (χ3n) is 2.45. The number of nitrogens with zero attached hydrogens (tertiary/aromatic N) is 1. The van der Waals surface area contributed by atoms with E-state index in [0.717, 1.165) is 32.7 Å². The van der Waals surface area contributed by atoms with Crippen molar-refractivity contribution < 1.29 is 14.6 Å². The number of hydrogen-bond donors (Lipinski definition) is 1. The summed E-state index contributed by atoms with van der Waals surface area (Å²) in [5.74, 6) is -0.708. The molecule has 0 radical (unpaired) electrons. The minimum Gasteiger partial charge on any atom is -0.481 e. The fourth-order valence-corrected chi connectivity index (χ4v) is 1.53. The van der Waals surface area contributed by atoms with Gasteiger partial charge in [-0.2, -0.15) is 0 Å². The van der Waals surface area contributed by atoms with Gasteiger partial charge in [-0.3, -0.25) is 9.69 Å². The summed E-state index contributed by atoms with van der Waals surface area (Å²) in [6, 6.07) is 0.361. The quantitative estimate of drug-likeness (QED) is 0.699. The Morgan fingerprint density at radius 3 is 2.69 bits per heavy atom. The standard InChI is InChI=1S/C9H17NO3/c1-8(2-3-9(11)12)10-4-6-13-7-5-10/h8H,2-7H2,1H3,(H,11,12). The van der Waals surface area contributed by atoms with Crippen molar-refractivity contribution in [3.05, 3.63) is 0 Å². The van der Waals surface area contributed by atoms with Gasteiger partial charge in [0.15, 0.2) is 0 Å². The van der Waals surface area contributed by atoms with Gasteiger partial charge in [0.1, 0.15) is 0 Å². The maximum atomic E-state index is 10.3. The first-order chi connectivity index (χ1) is 6.20. The molecule has 0 aromatic heterocycles. The summed E-state index contributed by atoms with van der Waals surface area (Å²) < 4.78 is 5.22. The average molecular weight is 187 g/mol. The highest BCUT2D eigenvalue weighted by Gasteiger charge is 2.17. The lowest BCUT2D eigenvalue weighted by Crippen LogP contribution is -2.42. The first-order valence-corrected chi connectivity index (χ1v) is 4.73. The van der Waals surface area contributed by atoms with Crippen LogP contribution in [0.2, 0.25) is 0 Å². The second-order valence-electron chi connectivity index (χ2n) is 3.43. The van der Waals surface area contributed by atoms with E-state index in [2.05, 4.69) is 11.8 Å². The van der Waals surface area contributed by atoms with Gasteiger partial charge in [-0.05, 0) is 13.3 Å². The molecule has 1 atom stereocenters. The first kappa shape index (κ1) is 10.5. The van der Waals surface area contributed by atoms with Gasteiger partial charge in [0, 0.05) is 25.6 Å². The van der Waals surface area contributed by atoms with Crippen LogP contribution < -0.4 is 0 Å². The molecule has 13 heavy (non-hydrogen) atoms. The van der Waals surface area contributed by atoms with Gasteiger partial charge in [0.2, 0.25) is 0 Å². The number of hydrogen-bond acceptors (Lipinski definition) is 3. The average Bonchev–Trinajstić information content (AvgIpc) is 2.15. The van der Waals surface area contributed by atoms with Crippen LogP contribution in [0.3, 0.4) is 0 Å². The summed E-state index contributed by atoms with van der Waals surface area (Å²) in [6.45, 7) is 5.49. The smallest absolute Gasteiger partial charge is 0.303 e. The van der Waals surface area contributed by atoms with Gasteiger partial charge in [0.05, 0.1) is 13.2 Å². The maximum absolute atomic E-state index is 10.3. The van der Waals surface area contributed by atoms with E-state index in [9.17, 15) is 4.79 Å². The van der Waals surface area contributed by atoms with Gasteiger partial charge in [-0.1, -0.05) is 0 Å². The molecule has 1 aliphatic rings. The molecule has 0 aromatic carbocycles. The van der Waals surface area contributed by atoms with E-state index >= 15 is 0 Å². The number of carboxylic acids is 1. The van der Waals surface area contributed by atoms with E-state index in [1.165, 1.54) is 0 Å². The van der Waals surface area contributed by atoms with Crippen molar-refractivity contribution >= 4 is 5.97 Å². The molecule has 1 unspecified atom stereocenters. The van der Waals surface area contributed by atoms with Gasteiger partial charge in [-0.15, -0.1) is 0 Å². The highest BCUT2D eigenvalue weighted by Crippen LogP contribution is 2.08. The summed E-state index contributed by atoms with van der Waals surface area (Å²) >= 11 is 0. The lowest BCUT2D eigenvalue weighted by atomic mass is 10.1. The minimum atomic E-state index is -0.708. The number of aliphatic carboxylic acids is 1. The molecule has 1 fully saturated rings. The molecule has 0 amide bonds. The molecule has 1 rings (SSSR count). The summed E-state index contributed by atoms with van der Waals surface area (Å²) in [5, 5.41) is 8.52. The molecule has 76 valence electrons. The van der Waals surface area contributed by atoms with Crippen molar-refractivity contribution in [3.63, 3.8) is 0 Å². The largest absolute Gasteiger partial charge is 0.481 e. The van der Waals surface area contributed by atoms with E-state index in [1.807, 2.05) is 0 Å². The Hall–Kier alpha value is -0.610. The third kappa shape index (κ3) is 3.74. The van der Waals surface area contributed by atoms with Crippen LogP contribution in [-0.4, -0.2) is 48.3 Å². The number of carbonyl (C=O) groups is 1. The van der Waals surface area contributed by atoms with Crippen LogP contribution in [0.25, 0.3) is 0 Å². The Morgan fingerprint density at radius 1 is 1.54 bits per heavy atom. The number of ether oxygens (including phenoxy) is 1. The second kappa shape index (κ2) is 5.19. The van der Waals surface area contributed by atoms with Gasteiger partial charge in [0.25, 0.3) is 0 Å². The van der Waals surface area contributed by atoms with Gasteiger partial charge < -0.3 is 9.84 Å². The molecule has 1 N–H and O–H groups in total. The first-order valence-electron chi connectivity index (χ1n) is 4.73. The maximum Gasteiger partial charge on any atom is 0.303 e. The highest BCUT2D eigenvalue weighted by molar-refractivity contribution is 5.66. The van der Waals surface area contributed by atoms with E-state index < -0.39 is 5.97 Å². The van der Waals surface area contributed by atoms with Crippen LogP contribution in [0.15, 0.2) is 0 Å². The Kier molecular flexibility index (Phi) is 4.18. The molecular formula is C9H17NO3. The van der Waals surface area contributed by atoms with Crippen molar-refractivity contribution in [2.24, 2.45) is 0 Å². The van der Waals surface area contributed by atoms with E-state index in [4.69, 9.17) is 9.84 Å². The molecule has 0 bridgehead atoms. The molecule has 0 spiro atoms. The number of carboxylic acid groups (broad SMARTS) is 1. The van der Waals surface area contributed by atoms with Crippen LogP contribution in [0.5, 0.6) is 0 Å². The predicted octanol–water partition coefficient (Wildman–Crippen LogP) is 0.572. The Morgan fingerprint density at radius 2 is 2.15 bits per heavy atom. The van der Waals surface area contributed by atoms with E-state index in [0.29, 0.717) is 6.04 Å². The van der Waals surface area contributed by atoms with Crippen molar-refractivity contribution in [2.45, 2.75) is 25.8 Å². The Bertz CT molecular complexity index is 166. The summed E-state index contributed by atoms with van der Waals surface area (Å²) in [6.07, 6.45) is 0.994. The molecular weight excluding hydrogens is 170 g/mol. The molecule has 4 nitrogen and oxygen atoms in total. The van der Waals surface area contributed by atoms with Crippen LogP contribution >= 0.6 is 0 Å². The number of morpholine rings is 1. The molecule has 1 aliphatic heterocycles. The second-order valence-corrected chi connectivity index (χ2v) is 3.43. The van der Waals surface area contributed by atoms with E-state index in [1.54, 1.807) is 0 Å². The summed E-state index contributed by atoms with van der Waals surface area (Å²) in [7, 11) is 0. The van der Waals surface area contributed by atoms with E-state index in [-0.39, 0.29) is 6.42 Å². The SMILES string of the molecule is CC(CCC(=O)O)N1CCOCC1. The normalized spacial score (nSPS) is 21.3. The van der Waals surface area contributed by atoms with Crippen LogP contribution in [0.1, 0.15) is 19.8 Å². The highest BCUT2D eigenvalue weighted by atomic mass is 16.5. The fraction of sp³-hybridized carbons (Fsp3) is 0.889. The summed E-state index contributed by atoms with van der Waals surface area (Å²) in [5.41, 5.74) is 0. The zero-order chi connectivity index (χ0) is 9.68. The topological polar surface area (TPSA) is 49.8 Å². The van der Waals surface area contributed by atoms with Crippen LogP contribution in [0.4, 0.5) is 0 Å². The van der Waals surface area contributed by atoms with Gasteiger partial charge in [-0.25, -0.2) is 0 Å². The zero-order valence-corrected chi connectivity index (χ0v) is 8.03. The Balaban J connectivity index is 2.20. The minimum absolute atomic E-state index is 0.262. The van der Waals surface area contributed by atoms with Crippen molar-refractivity contribution in [2.75, 3.05) is 26.3 Å². The molecule has 1 heterocycles. The van der Waals surface area contributed by atoms with Crippen LogP contribution in [0, 0.1) is 0 Å². The third-order valence-corrected chi connectivity index (χ3v) is 2.45. The number of rotatable bonds is 4. The van der Waals surface area contributed by atoms with Crippen molar-refractivity contribution in [1.82, 2.24) is 4.90 Å². The monoisotopic (exact) mass is 187 g/mol. The van der Waals surface area contributed by atoms with Crippen LogP contribution in [-0.2, 0) is 9.53 Å².